The van der Waals surface area contributed by atoms with Gasteiger partial charge in [-0.3, -0.25) is 14.3 Å². The van der Waals surface area contributed by atoms with Gasteiger partial charge in [0, 0.05) is 14.2 Å². The minimum absolute atomic E-state index is 0.0385. The number of aliphatic hydroxyl groups excluding tert-OH is 1. The van der Waals surface area contributed by atoms with Gasteiger partial charge in [0.15, 0.2) is 17.4 Å². The number of ether oxygens (including phenoxy) is 3. The summed E-state index contributed by atoms with van der Waals surface area (Å²) in [6, 6.07) is 0. The molecular weight excluding hydrogens is 294 g/mol. The maximum Gasteiger partial charge on any atom is 0.280 e. The molecule has 3 rings (SSSR count). The zero-order chi connectivity index (χ0) is 15.9. The van der Waals surface area contributed by atoms with Crippen LogP contribution in [0.15, 0.2) is 11.1 Å². The topological polar surface area (TPSA) is 138 Å². The van der Waals surface area contributed by atoms with Crippen molar-refractivity contribution in [1.82, 2.24) is 19.5 Å². The Morgan fingerprint density at radius 2 is 2.32 bits per heavy atom. The predicted octanol–water partition coefficient (Wildman–Crippen LogP) is -1.38. The van der Waals surface area contributed by atoms with Gasteiger partial charge in [-0.1, -0.05) is 0 Å². The molecule has 10 nitrogen and oxygen atoms in total. The van der Waals surface area contributed by atoms with E-state index in [1.807, 2.05) is 0 Å². The fourth-order valence-corrected chi connectivity index (χ4v) is 2.67. The van der Waals surface area contributed by atoms with Gasteiger partial charge in [-0.15, -0.1) is 0 Å². The number of anilines is 1. The van der Waals surface area contributed by atoms with E-state index in [-0.39, 0.29) is 23.7 Å². The Morgan fingerprint density at radius 3 is 3.00 bits per heavy atom. The Bertz CT molecular complexity index is 728. The van der Waals surface area contributed by atoms with E-state index in [2.05, 4.69) is 15.0 Å². The lowest BCUT2D eigenvalue weighted by Gasteiger charge is -2.18. The van der Waals surface area contributed by atoms with Crippen LogP contribution in [0.25, 0.3) is 11.2 Å². The van der Waals surface area contributed by atoms with Crippen molar-refractivity contribution in [3.05, 3.63) is 16.7 Å². The molecule has 1 aliphatic rings. The second-order valence-electron chi connectivity index (χ2n) is 4.99. The number of aromatic nitrogens is 4. The van der Waals surface area contributed by atoms with E-state index < -0.39 is 30.1 Å². The number of aliphatic hydroxyl groups is 1. The van der Waals surface area contributed by atoms with Crippen LogP contribution in [0.1, 0.15) is 6.23 Å². The summed E-state index contributed by atoms with van der Waals surface area (Å²) in [5.41, 5.74) is 5.46. The van der Waals surface area contributed by atoms with Crippen molar-refractivity contribution >= 4 is 17.1 Å². The standard InChI is InChI=1S/C12H17N5O5/c1-20-3-5-8(21-2)7(18)11(22-5)17-4-14-6-9(17)15-12(13)16-10(6)19/h4-5,7-8,11,18H,3H2,1-2H3,(H3,13,15,16,19)/t5-,7+,8?,11-/m1/s1. The summed E-state index contributed by atoms with van der Waals surface area (Å²) in [6.07, 6.45) is -1.41. The van der Waals surface area contributed by atoms with Crippen LogP contribution in [0.4, 0.5) is 5.95 Å². The van der Waals surface area contributed by atoms with Crippen molar-refractivity contribution in [2.75, 3.05) is 26.6 Å². The molecule has 1 saturated heterocycles. The fraction of sp³-hybridized carbons (Fsp3) is 0.583. The molecule has 0 aliphatic carbocycles. The Hall–Kier alpha value is -2.01. The van der Waals surface area contributed by atoms with Gasteiger partial charge >= 0.3 is 0 Å². The van der Waals surface area contributed by atoms with Crippen LogP contribution >= 0.6 is 0 Å². The molecule has 0 saturated carbocycles. The van der Waals surface area contributed by atoms with Gasteiger partial charge in [-0.25, -0.2) is 4.98 Å². The number of nitrogens with two attached hydrogens (primary N) is 1. The van der Waals surface area contributed by atoms with Crippen LogP contribution in [0.2, 0.25) is 0 Å². The summed E-state index contributed by atoms with van der Waals surface area (Å²) >= 11 is 0. The Morgan fingerprint density at radius 1 is 1.55 bits per heavy atom. The molecule has 4 N–H and O–H groups in total. The molecule has 0 spiro atoms. The SMILES string of the molecule is COC[C@H]1O[C@@H](n2cnc3c(=O)[nH]c(N)nc32)[C@@H](O)C1OC. The van der Waals surface area contributed by atoms with Crippen molar-refractivity contribution < 1.29 is 19.3 Å². The monoisotopic (exact) mass is 311 g/mol. The molecule has 0 amide bonds. The Balaban J connectivity index is 2.02. The number of hydrogen-bond donors (Lipinski definition) is 3. The molecule has 0 aromatic carbocycles. The van der Waals surface area contributed by atoms with E-state index in [1.165, 1.54) is 25.1 Å². The highest BCUT2D eigenvalue weighted by atomic mass is 16.6. The van der Waals surface area contributed by atoms with Crippen molar-refractivity contribution in [1.29, 1.82) is 0 Å². The molecule has 0 bridgehead atoms. The van der Waals surface area contributed by atoms with Crippen molar-refractivity contribution in [2.45, 2.75) is 24.5 Å². The van der Waals surface area contributed by atoms with Crippen LogP contribution in [0.5, 0.6) is 0 Å². The molecule has 3 heterocycles. The van der Waals surface area contributed by atoms with Gasteiger partial charge in [0.1, 0.15) is 18.3 Å². The van der Waals surface area contributed by atoms with Crippen LogP contribution in [-0.4, -0.2) is 63.8 Å². The van der Waals surface area contributed by atoms with Crippen molar-refractivity contribution in [3.63, 3.8) is 0 Å². The van der Waals surface area contributed by atoms with Crippen LogP contribution in [0, 0.1) is 0 Å². The average Bonchev–Trinajstić information content (AvgIpc) is 3.01. The van der Waals surface area contributed by atoms with Gasteiger partial charge in [0.05, 0.1) is 12.9 Å². The van der Waals surface area contributed by atoms with E-state index in [9.17, 15) is 9.90 Å². The van der Waals surface area contributed by atoms with E-state index >= 15 is 0 Å². The largest absolute Gasteiger partial charge is 0.386 e. The van der Waals surface area contributed by atoms with E-state index in [0.29, 0.717) is 0 Å². The molecule has 0 radical (unpaired) electrons. The van der Waals surface area contributed by atoms with Crippen LogP contribution < -0.4 is 11.3 Å². The highest BCUT2D eigenvalue weighted by Gasteiger charge is 2.45. The summed E-state index contributed by atoms with van der Waals surface area (Å²) in [5.74, 6) is -0.0385. The first-order valence-corrected chi connectivity index (χ1v) is 6.64. The number of hydrogen-bond acceptors (Lipinski definition) is 8. The molecule has 1 unspecified atom stereocenters. The number of imidazole rings is 1. The van der Waals surface area contributed by atoms with E-state index in [1.54, 1.807) is 0 Å². The summed E-state index contributed by atoms with van der Waals surface area (Å²) in [6.45, 7) is 0.259. The number of aromatic amines is 1. The second kappa shape index (κ2) is 5.65. The Labute approximate surface area is 124 Å². The van der Waals surface area contributed by atoms with Gasteiger partial charge in [-0.2, -0.15) is 4.98 Å². The number of nitrogens with one attached hydrogen (secondary N) is 1. The predicted molar refractivity (Wildman–Crippen MR) is 75.2 cm³/mol. The van der Waals surface area contributed by atoms with Gasteiger partial charge in [0.25, 0.3) is 5.56 Å². The summed E-state index contributed by atoms with van der Waals surface area (Å²) in [5, 5.41) is 10.4. The number of methoxy groups -OCH3 is 2. The molecule has 4 atom stereocenters. The van der Waals surface area contributed by atoms with E-state index in [0.717, 1.165) is 0 Å². The first kappa shape index (κ1) is 14.9. The second-order valence-corrected chi connectivity index (χ2v) is 4.99. The third kappa shape index (κ3) is 2.25. The maximum absolute atomic E-state index is 11.8. The number of nitrogens with zero attached hydrogens (tertiary/aromatic N) is 3. The third-order valence-electron chi connectivity index (χ3n) is 3.64. The molecular formula is C12H17N5O5. The fourth-order valence-electron chi connectivity index (χ4n) is 2.67. The number of fused-ring (bicyclic) bond motifs is 1. The highest BCUT2D eigenvalue weighted by Crippen LogP contribution is 2.32. The lowest BCUT2D eigenvalue weighted by Crippen LogP contribution is -2.35. The van der Waals surface area contributed by atoms with Gasteiger partial charge in [0.2, 0.25) is 5.95 Å². The lowest BCUT2D eigenvalue weighted by atomic mass is 10.1. The maximum atomic E-state index is 11.8. The van der Waals surface area contributed by atoms with Crippen LogP contribution in [0.3, 0.4) is 0 Å². The van der Waals surface area contributed by atoms with E-state index in [4.69, 9.17) is 19.9 Å². The highest BCUT2D eigenvalue weighted by molar-refractivity contribution is 5.70. The molecule has 2 aromatic heterocycles. The summed E-state index contributed by atoms with van der Waals surface area (Å²) in [7, 11) is 3.01. The number of H-pyrrole nitrogens is 1. The summed E-state index contributed by atoms with van der Waals surface area (Å²) in [4.78, 5) is 22.2. The molecule has 10 heteroatoms. The third-order valence-corrected chi connectivity index (χ3v) is 3.64. The number of rotatable bonds is 4. The van der Waals surface area contributed by atoms with Gasteiger partial charge < -0.3 is 25.1 Å². The molecule has 22 heavy (non-hydrogen) atoms. The molecule has 2 aromatic rings. The molecule has 1 fully saturated rings. The molecule has 1 aliphatic heterocycles. The quantitative estimate of drug-likeness (QED) is 0.628. The van der Waals surface area contributed by atoms with Gasteiger partial charge in [-0.05, 0) is 0 Å². The van der Waals surface area contributed by atoms with Crippen molar-refractivity contribution in [3.8, 4) is 0 Å². The zero-order valence-electron chi connectivity index (χ0n) is 12.1. The zero-order valence-corrected chi connectivity index (χ0v) is 12.1. The molecule has 120 valence electrons. The number of nitrogen functional groups attached to an aromatic ring is 1. The van der Waals surface area contributed by atoms with Crippen LogP contribution in [-0.2, 0) is 14.2 Å². The average molecular weight is 311 g/mol. The van der Waals surface area contributed by atoms with Crippen molar-refractivity contribution in [2.24, 2.45) is 0 Å². The Kier molecular flexibility index (Phi) is 3.83. The minimum atomic E-state index is -0.968. The summed E-state index contributed by atoms with van der Waals surface area (Å²) < 4.78 is 17.6. The first-order chi connectivity index (χ1) is 10.6. The normalized spacial score (nSPS) is 28.5. The lowest BCUT2D eigenvalue weighted by molar-refractivity contribution is -0.0612. The smallest absolute Gasteiger partial charge is 0.280 e. The minimum Gasteiger partial charge on any atom is -0.386 e. The first-order valence-electron chi connectivity index (χ1n) is 6.64.